The molecular formula is C10H23NOPY-. The standard InChI is InChI=1S/C7H14NO.C3H9P.Y/c1-6-4-8(3)5-7(2)9-6;1-4(2)3;/h6-7H,1,4-5H2,2-3H3;4H,1H2,2-3H3;/q-1;;. The topological polar surface area (TPSA) is 12.5 Å². The van der Waals surface area contributed by atoms with Crippen molar-refractivity contribution in [3.05, 3.63) is 6.92 Å². The van der Waals surface area contributed by atoms with Gasteiger partial charge >= 0.3 is 0 Å². The molecule has 0 spiro atoms. The summed E-state index contributed by atoms with van der Waals surface area (Å²) in [6, 6.07) is 0. The van der Waals surface area contributed by atoms with Gasteiger partial charge in [0.25, 0.3) is 0 Å². The molecule has 0 N–H and O–H groups in total. The average Bonchev–Trinajstić information content (AvgIpc) is 1.80. The first kappa shape index (κ1) is 17.7. The van der Waals surface area contributed by atoms with Crippen molar-refractivity contribution in [2.24, 2.45) is 0 Å². The van der Waals surface area contributed by atoms with Gasteiger partial charge in [-0.2, -0.15) is 0 Å². The van der Waals surface area contributed by atoms with Crippen molar-refractivity contribution < 1.29 is 37.4 Å². The van der Waals surface area contributed by atoms with Gasteiger partial charge in [0, 0.05) is 39.3 Å². The first-order chi connectivity index (χ1) is 5.91. The van der Waals surface area contributed by atoms with E-state index in [9.17, 15) is 0 Å². The van der Waals surface area contributed by atoms with Gasteiger partial charge in [-0.3, -0.25) is 0 Å². The minimum absolute atomic E-state index is 0. The second-order valence-corrected chi connectivity index (χ2v) is 6.41. The van der Waals surface area contributed by atoms with Crippen LogP contribution in [0.5, 0.6) is 0 Å². The Kier molecular flexibility index (Phi) is 12.1. The molecule has 0 amide bonds. The summed E-state index contributed by atoms with van der Waals surface area (Å²) < 4.78 is 5.40. The monoisotopic (exact) mass is 293 g/mol. The van der Waals surface area contributed by atoms with Gasteiger partial charge in [-0.15, -0.1) is 13.8 Å². The summed E-state index contributed by atoms with van der Waals surface area (Å²) in [6.45, 7) is 12.2. The number of hydrogen-bond donors (Lipinski definition) is 0. The van der Waals surface area contributed by atoms with Crippen LogP contribution in [0, 0.1) is 6.92 Å². The third kappa shape index (κ3) is 11.4. The number of morpholine rings is 1. The van der Waals surface area contributed by atoms with Gasteiger partial charge < -0.3 is 16.6 Å². The Hall–Kier alpha value is 1.32. The summed E-state index contributed by atoms with van der Waals surface area (Å²) in [5.41, 5.74) is 0. The van der Waals surface area contributed by atoms with Gasteiger partial charge in [0.2, 0.25) is 0 Å². The van der Waals surface area contributed by atoms with Crippen LogP contribution in [0.15, 0.2) is 0 Å². The van der Waals surface area contributed by atoms with Crippen molar-refractivity contribution in [3.8, 4) is 0 Å². The molecule has 1 radical (unpaired) electrons. The van der Waals surface area contributed by atoms with E-state index in [2.05, 4.69) is 45.4 Å². The molecule has 0 aromatic carbocycles. The zero-order valence-electron chi connectivity index (χ0n) is 9.92. The van der Waals surface area contributed by atoms with Crippen LogP contribution in [0.2, 0.25) is 0 Å². The van der Waals surface area contributed by atoms with E-state index in [1.807, 2.05) is 0 Å². The van der Waals surface area contributed by atoms with Crippen LogP contribution in [0.3, 0.4) is 0 Å². The van der Waals surface area contributed by atoms with Crippen molar-refractivity contribution >= 4 is 13.8 Å². The Morgan fingerprint density at radius 2 is 1.86 bits per heavy atom. The van der Waals surface area contributed by atoms with Crippen LogP contribution in [-0.2, 0) is 37.4 Å². The van der Waals surface area contributed by atoms with E-state index in [1.54, 1.807) is 0 Å². The quantitative estimate of drug-likeness (QED) is 0.495. The van der Waals surface area contributed by atoms with E-state index in [1.165, 1.54) is 0 Å². The maximum atomic E-state index is 5.40. The molecule has 0 aliphatic carbocycles. The van der Waals surface area contributed by atoms with E-state index in [-0.39, 0.29) is 46.4 Å². The molecule has 0 saturated carbocycles. The predicted octanol–water partition coefficient (Wildman–Crippen LogP) is 1.43. The minimum atomic E-state index is -0.130. The van der Waals surface area contributed by atoms with E-state index < -0.39 is 0 Å². The Morgan fingerprint density at radius 1 is 1.43 bits per heavy atom. The van der Waals surface area contributed by atoms with Crippen LogP contribution in [0.4, 0.5) is 0 Å². The van der Waals surface area contributed by atoms with Crippen molar-refractivity contribution in [2.45, 2.75) is 19.1 Å². The number of likely N-dealkylation sites (N-methyl/N-ethyl adjacent to an activating group) is 1. The molecule has 1 fully saturated rings. The van der Waals surface area contributed by atoms with Gasteiger partial charge in [0.05, 0.1) is 6.10 Å². The SMILES string of the molecule is C=[PH](C)C.[CH2-]C1CN(C)CC(C)O1.[Y]. The third-order valence-electron chi connectivity index (χ3n) is 1.51. The zero-order chi connectivity index (χ0) is 10.4. The van der Waals surface area contributed by atoms with Gasteiger partial charge in [-0.1, -0.05) is 6.10 Å². The second-order valence-electron chi connectivity index (χ2n) is 4.00. The fourth-order valence-corrected chi connectivity index (χ4v) is 1.28. The fraction of sp³-hybridized carbons (Fsp3) is 0.800. The van der Waals surface area contributed by atoms with Crippen LogP contribution < -0.4 is 0 Å². The minimum Gasteiger partial charge on any atom is -0.405 e. The third-order valence-corrected chi connectivity index (χ3v) is 1.51. The molecule has 14 heavy (non-hydrogen) atoms. The molecule has 83 valence electrons. The Morgan fingerprint density at radius 3 is 2.14 bits per heavy atom. The molecule has 1 saturated heterocycles. The van der Waals surface area contributed by atoms with Gasteiger partial charge in [0.1, 0.15) is 0 Å². The number of nitrogens with zero attached hydrogens (tertiary/aromatic N) is 1. The zero-order valence-corrected chi connectivity index (χ0v) is 13.8. The first-order valence-corrected chi connectivity index (χ1v) is 7.41. The Labute approximate surface area is 115 Å². The van der Waals surface area contributed by atoms with Crippen LogP contribution in [0.25, 0.3) is 0 Å². The predicted molar refractivity (Wildman–Crippen MR) is 64.5 cm³/mol. The van der Waals surface area contributed by atoms with Crippen molar-refractivity contribution in [2.75, 3.05) is 33.5 Å². The van der Waals surface area contributed by atoms with E-state index in [4.69, 9.17) is 4.74 Å². The molecule has 2 unspecified atom stereocenters. The smallest absolute Gasteiger partial charge is 0.0642 e. The summed E-state index contributed by atoms with van der Waals surface area (Å²) in [5.74, 6) is 0. The normalized spacial score (nSPS) is 27.6. The molecule has 0 aromatic rings. The molecule has 1 rings (SSSR count). The molecule has 2 nitrogen and oxygen atoms in total. The molecule has 1 heterocycles. The van der Waals surface area contributed by atoms with Crippen LogP contribution >= 0.6 is 7.55 Å². The van der Waals surface area contributed by atoms with Gasteiger partial charge in [-0.05, 0) is 33.8 Å². The molecule has 0 bridgehead atoms. The molecule has 4 heteroatoms. The van der Waals surface area contributed by atoms with E-state index >= 15 is 0 Å². The Balaban J connectivity index is 0. The fourth-order valence-electron chi connectivity index (χ4n) is 1.28. The van der Waals surface area contributed by atoms with Crippen molar-refractivity contribution in [3.63, 3.8) is 0 Å². The maximum absolute atomic E-state index is 5.40. The first-order valence-electron chi connectivity index (χ1n) is 4.71. The van der Waals surface area contributed by atoms with Crippen molar-refractivity contribution in [1.82, 2.24) is 4.90 Å². The summed E-state index contributed by atoms with van der Waals surface area (Å²) in [7, 11) is 1.96. The molecule has 2 atom stereocenters. The average molecular weight is 293 g/mol. The van der Waals surface area contributed by atoms with Crippen molar-refractivity contribution in [1.29, 1.82) is 0 Å². The number of ether oxygens (including phenoxy) is 1. The second kappa shape index (κ2) is 9.54. The van der Waals surface area contributed by atoms with Crippen LogP contribution in [-0.4, -0.2) is 56.9 Å². The van der Waals surface area contributed by atoms with Gasteiger partial charge in [-0.25, -0.2) is 0 Å². The Bertz CT molecular complexity index is 137. The maximum Gasteiger partial charge on any atom is 0.0642 e. The summed E-state index contributed by atoms with van der Waals surface area (Å²) >= 11 is 0. The molecule has 1 aliphatic rings. The number of rotatable bonds is 0. The van der Waals surface area contributed by atoms with E-state index in [0.717, 1.165) is 13.1 Å². The summed E-state index contributed by atoms with van der Waals surface area (Å²) in [5, 5.41) is 0. The van der Waals surface area contributed by atoms with Gasteiger partial charge in [0.15, 0.2) is 0 Å². The molecule has 1 aliphatic heterocycles. The summed E-state index contributed by atoms with van der Waals surface area (Å²) in [4.78, 5) is 2.24. The summed E-state index contributed by atoms with van der Waals surface area (Å²) in [6.07, 6.45) is 4.26. The molecule has 0 aromatic heterocycles. The molecular weight excluding hydrogens is 270 g/mol. The van der Waals surface area contributed by atoms with Crippen LogP contribution in [0.1, 0.15) is 6.92 Å². The van der Waals surface area contributed by atoms with E-state index in [0.29, 0.717) is 6.10 Å². The largest absolute Gasteiger partial charge is 0.405 e. The number of hydrogen-bond acceptors (Lipinski definition) is 2.